The van der Waals surface area contributed by atoms with Crippen molar-refractivity contribution in [1.29, 1.82) is 0 Å². The molecular weight excluding hydrogens is 449 g/mol. The highest BCUT2D eigenvalue weighted by molar-refractivity contribution is 5.96. The van der Waals surface area contributed by atoms with Crippen LogP contribution in [-0.4, -0.2) is 37.2 Å². The van der Waals surface area contributed by atoms with E-state index in [-0.39, 0.29) is 17.8 Å². The van der Waals surface area contributed by atoms with E-state index >= 15 is 0 Å². The molecule has 1 amide bonds. The number of pyridine rings is 1. The molecule has 4 aromatic rings. The Morgan fingerprint density at radius 3 is 2.54 bits per heavy atom. The summed E-state index contributed by atoms with van der Waals surface area (Å²) >= 11 is 0. The van der Waals surface area contributed by atoms with Gasteiger partial charge in [0.15, 0.2) is 11.5 Å². The molecule has 2 N–H and O–H groups in total. The quantitative estimate of drug-likeness (QED) is 0.339. The number of nitrogens with zero attached hydrogens (tertiary/aromatic N) is 1. The van der Waals surface area contributed by atoms with Gasteiger partial charge in [-0.15, -0.1) is 0 Å². The van der Waals surface area contributed by atoms with Crippen LogP contribution in [0.5, 0.6) is 17.2 Å². The molecular formula is C27H26FN3O4. The fourth-order valence-corrected chi connectivity index (χ4v) is 3.84. The Kier molecular flexibility index (Phi) is 7.01. The molecule has 0 spiro atoms. The van der Waals surface area contributed by atoms with Crippen LogP contribution < -0.4 is 19.5 Å². The summed E-state index contributed by atoms with van der Waals surface area (Å²) in [6, 6.07) is 11.6. The normalized spacial score (nSPS) is 12.0. The molecule has 4 rings (SSSR count). The van der Waals surface area contributed by atoms with Crippen molar-refractivity contribution in [1.82, 2.24) is 15.3 Å². The molecule has 0 unspecified atom stereocenters. The van der Waals surface area contributed by atoms with Crippen LogP contribution in [0.3, 0.4) is 0 Å². The minimum absolute atomic E-state index is 0.242. The number of nitrogens with one attached hydrogen (secondary N) is 2. The summed E-state index contributed by atoms with van der Waals surface area (Å²) in [7, 11) is 4.64. The van der Waals surface area contributed by atoms with E-state index in [2.05, 4.69) is 15.3 Å². The van der Waals surface area contributed by atoms with Crippen LogP contribution in [0.1, 0.15) is 24.1 Å². The smallest absolute Gasteiger partial charge is 0.244 e. The van der Waals surface area contributed by atoms with E-state index in [9.17, 15) is 9.18 Å². The number of rotatable bonds is 8. The van der Waals surface area contributed by atoms with Gasteiger partial charge in [0.25, 0.3) is 0 Å². The molecule has 0 fully saturated rings. The van der Waals surface area contributed by atoms with Gasteiger partial charge in [-0.3, -0.25) is 4.79 Å². The second-order valence-corrected chi connectivity index (χ2v) is 7.89. The number of hydrogen-bond acceptors (Lipinski definition) is 5. The number of halogens is 1. The van der Waals surface area contributed by atoms with Crippen molar-refractivity contribution in [3.63, 3.8) is 0 Å². The number of aromatic amines is 1. The van der Waals surface area contributed by atoms with Crippen LogP contribution in [0, 0.1) is 5.82 Å². The molecule has 0 aliphatic rings. The Labute approximate surface area is 202 Å². The molecule has 0 aliphatic carbocycles. The van der Waals surface area contributed by atoms with Gasteiger partial charge in [-0.05, 0) is 48.9 Å². The fourth-order valence-electron chi connectivity index (χ4n) is 3.84. The number of hydrogen-bond donors (Lipinski definition) is 2. The molecule has 0 saturated carbocycles. The lowest BCUT2D eigenvalue weighted by Crippen LogP contribution is -2.24. The number of amides is 1. The first-order chi connectivity index (χ1) is 16.9. The van der Waals surface area contributed by atoms with Crippen molar-refractivity contribution < 1.29 is 23.4 Å². The highest BCUT2D eigenvalue weighted by Gasteiger charge is 2.13. The van der Waals surface area contributed by atoms with Crippen molar-refractivity contribution in [2.45, 2.75) is 13.0 Å². The first-order valence-corrected chi connectivity index (χ1v) is 10.9. The SMILES string of the molecule is COc1ccc([C@@H](C)NC(=O)/C=C/c2c[nH]c3ncc(-c4ccc(F)cc4OC)cc23)cc1OC. The Morgan fingerprint density at radius 2 is 1.80 bits per heavy atom. The number of carbonyl (C=O) groups is 1. The van der Waals surface area contributed by atoms with Crippen molar-refractivity contribution in [2.24, 2.45) is 0 Å². The summed E-state index contributed by atoms with van der Waals surface area (Å²) in [5.74, 6) is 1.02. The molecule has 0 saturated heterocycles. The topological polar surface area (TPSA) is 85.5 Å². The number of methoxy groups -OCH3 is 3. The molecule has 2 aromatic heterocycles. The molecule has 1 atom stereocenters. The number of aromatic nitrogens is 2. The zero-order valence-electron chi connectivity index (χ0n) is 19.9. The minimum Gasteiger partial charge on any atom is -0.496 e. The molecule has 180 valence electrons. The summed E-state index contributed by atoms with van der Waals surface area (Å²) in [4.78, 5) is 20.2. The largest absolute Gasteiger partial charge is 0.496 e. The van der Waals surface area contributed by atoms with Gasteiger partial charge in [-0.1, -0.05) is 6.07 Å². The summed E-state index contributed by atoms with van der Waals surface area (Å²) in [5.41, 5.74) is 3.85. The van der Waals surface area contributed by atoms with E-state index in [1.54, 1.807) is 44.8 Å². The van der Waals surface area contributed by atoms with Gasteiger partial charge in [0, 0.05) is 46.6 Å². The number of benzene rings is 2. The molecule has 0 bridgehead atoms. The predicted octanol–water partition coefficient (Wildman–Crippen LogP) is 5.29. The van der Waals surface area contributed by atoms with Gasteiger partial charge in [-0.2, -0.15) is 0 Å². The molecule has 0 radical (unpaired) electrons. The van der Waals surface area contributed by atoms with Crippen molar-refractivity contribution >= 4 is 23.0 Å². The van der Waals surface area contributed by atoms with E-state index in [0.29, 0.717) is 22.9 Å². The molecule has 7 nitrogen and oxygen atoms in total. The number of fused-ring (bicyclic) bond motifs is 1. The predicted molar refractivity (Wildman–Crippen MR) is 133 cm³/mol. The molecule has 2 heterocycles. The van der Waals surface area contributed by atoms with Gasteiger partial charge >= 0.3 is 0 Å². The van der Waals surface area contributed by atoms with Crippen LogP contribution in [0.2, 0.25) is 0 Å². The van der Waals surface area contributed by atoms with Crippen molar-refractivity contribution in [3.05, 3.63) is 77.9 Å². The Hall–Kier alpha value is -4.33. The van der Waals surface area contributed by atoms with Gasteiger partial charge in [0.2, 0.25) is 5.91 Å². The average Bonchev–Trinajstić information content (AvgIpc) is 3.29. The second-order valence-electron chi connectivity index (χ2n) is 7.89. The molecule has 2 aromatic carbocycles. The zero-order chi connectivity index (χ0) is 24.9. The molecule has 35 heavy (non-hydrogen) atoms. The van der Waals surface area contributed by atoms with E-state index in [1.165, 1.54) is 25.3 Å². The number of ether oxygens (including phenoxy) is 3. The highest BCUT2D eigenvalue weighted by Crippen LogP contribution is 2.33. The minimum atomic E-state index is -0.377. The second kappa shape index (κ2) is 10.3. The summed E-state index contributed by atoms with van der Waals surface area (Å²) in [6.45, 7) is 1.89. The average molecular weight is 476 g/mol. The fraction of sp³-hybridized carbons (Fsp3) is 0.185. The third kappa shape index (κ3) is 5.11. The lowest BCUT2D eigenvalue weighted by atomic mass is 10.0. The van der Waals surface area contributed by atoms with Gasteiger partial charge in [0.05, 0.1) is 27.4 Å². The first-order valence-electron chi connectivity index (χ1n) is 10.9. The number of H-pyrrole nitrogens is 1. The monoisotopic (exact) mass is 475 g/mol. The number of carbonyl (C=O) groups excluding carboxylic acids is 1. The maximum Gasteiger partial charge on any atom is 0.244 e. The highest BCUT2D eigenvalue weighted by atomic mass is 19.1. The Bertz CT molecular complexity index is 1400. The van der Waals surface area contributed by atoms with Crippen LogP contribution in [0.15, 0.2) is 60.9 Å². The summed E-state index contributed by atoms with van der Waals surface area (Å²) in [5, 5.41) is 3.78. The summed E-state index contributed by atoms with van der Waals surface area (Å²) in [6.07, 6.45) is 6.68. The van der Waals surface area contributed by atoms with Crippen LogP contribution in [0.4, 0.5) is 4.39 Å². The van der Waals surface area contributed by atoms with Crippen molar-refractivity contribution in [3.8, 4) is 28.4 Å². The van der Waals surface area contributed by atoms with Crippen LogP contribution in [0.25, 0.3) is 28.2 Å². The lowest BCUT2D eigenvalue weighted by Gasteiger charge is -2.15. The zero-order valence-corrected chi connectivity index (χ0v) is 19.9. The van der Waals surface area contributed by atoms with Crippen LogP contribution >= 0.6 is 0 Å². The van der Waals surface area contributed by atoms with E-state index in [0.717, 1.165) is 27.6 Å². The third-order valence-corrected chi connectivity index (χ3v) is 5.72. The Morgan fingerprint density at radius 1 is 1.03 bits per heavy atom. The lowest BCUT2D eigenvalue weighted by molar-refractivity contribution is -0.117. The van der Waals surface area contributed by atoms with E-state index in [1.807, 2.05) is 25.1 Å². The molecule has 8 heteroatoms. The Balaban J connectivity index is 1.53. The maximum absolute atomic E-state index is 13.6. The maximum atomic E-state index is 13.6. The standard InChI is InChI=1S/C27H26FN3O4/c1-16(17-5-9-23(33-2)25(12-17)35-4)31-26(32)10-6-18-14-29-27-22(18)11-19(15-30-27)21-8-7-20(28)13-24(21)34-3/h5-16H,1-4H3,(H,29,30)(H,31,32)/b10-6+/t16-/m1/s1. The van der Waals surface area contributed by atoms with Crippen LogP contribution in [-0.2, 0) is 4.79 Å². The van der Waals surface area contributed by atoms with Gasteiger partial charge < -0.3 is 24.5 Å². The third-order valence-electron chi connectivity index (χ3n) is 5.72. The molecule has 0 aliphatic heterocycles. The van der Waals surface area contributed by atoms with E-state index in [4.69, 9.17) is 14.2 Å². The van der Waals surface area contributed by atoms with Crippen molar-refractivity contribution in [2.75, 3.05) is 21.3 Å². The van der Waals surface area contributed by atoms with E-state index < -0.39 is 0 Å². The van der Waals surface area contributed by atoms with Gasteiger partial charge in [0.1, 0.15) is 17.2 Å². The first kappa shape index (κ1) is 23.8. The van der Waals surface area contributed by atoms with Gasteiger partial charge in [-0.25, -0.2) is 9.37 Å². The summed E-state index contributed by atoms with van der Waals surface area (Å²) < 4.78 is 29.5.